The molecule has 0 aromatic rings. The van der Waals surface area contributed by atoms with Crippen molar-refractivity contribution in [2.24, 2.45) is 17.8 Å². The molecular weight excluding hydrogens is 344 g/mol. The van der Waals surface area contributed by atoms with Gasteiger partial charge in [0.05, 0.1) is 0 Å². The van der Waals surface area contributed by atoms with Crippen LogP contribution in [0.15, 0.2) is 25.3 Å². The summed E-state index contributed by atoms with van der Waals surface area (Å²) in [6, 6.07) is 0. The van der Waals surface area contributed by atoms with E-state index in [0.29, 0.717) is 6.42 Å². The van der Waals surface area contributed by atoms with Crippen LogP contribution >= 0.6 is 0 Å². The fourth-order valence-corrected chi connectivity index (χ4v) is 5.44. The molecule has 0 radical (unpaired) electrons. The van der Waals surface area contributed by atoms with Crippen molar-refractivity contribution in [3.05, 3.63) is 25.3 Å². The molecule has 4 atom stereocenters. The summed E-state index contributed by atoms with van der Waals surface area (Å²) >= 11 is 0. The van der Waals surface area contributed by atoms with Crippen LogP contribution in [0.2, 0.25) is 18.1 Å². The van der Waals surface area contributed by atoms with E-state index in [2.05, 4.69) is 47.0 Å². The van der Waals surface area contributed by atoms with Crippen LogP contribution in [0.5, 0.6) is 0 Å². The summed E-state index contributed by atoms with van der Waals surface area (Å²) in [5.41, 5.74) is -0.655. The Morgan fingerprint density at radius 1 is 1.27 bits per heavy atom. The minimum atomic E-state index is -2.09. The second kappa shape index (κ2) is 7.08. The maximum absolute atomic E-state index is 13.0. The van der Waals surface area contributed by atoms with Gasteiger partial charge in [0.15, 0.2) is 14.1 Å². The highest BCUT2D eigenvalue weighted by Gasteiger charge is 2.59. The Kier molecular flexibility index (Phi) is 5.75. The first-order chi connectivity index (χ1) is 11.9. The Hall–Kier alpha value is -1.20. The highest BCUT2D eigenvalue weighted by Crippen LogP contribution is 2.52. The second-order valence-corrected chi connectivity index (χ2v) is 14.1. The van der Waals surface area contributed by atoms with E-state index >= 15 is 0 Å². The minimum absolute atomic E-state index is 0.00622. The molecule has 26 heavy (non-hydrogen) atoms. The average Bonchev–Trinajstić information content (AvgIpc) is 3.04. The lowest BCUT2D eigenvalue weighted by atomic mass is 9.78. The molecular formula is C21H34O4Si. The number of carbonyl (C=O) groups is 2. The van der Waals surface area contributed by atoms with Crippen molar-refractivity contribution < 1.29 is 18.8 Å². The summed E-state index contributed by atoms with van der Waals surface area (Å²) in [6.45, 7) is 20.2. The van der Waals surface area contributed by atoms with E-state index < -0.39 is 31.9 Å². The van der Waals surface area contributed by atoms with Crippen LogP contribution in [0.3, 0.4) is 0 Å². The van der Waals surface area contributed by atoms with Gasteiger partial charge in [0.1, 0.15) is 17.6 Å². The Bertz CT molecular complexity index is 586. The number of hydrogen-bond donors (Lipinski definition) is 0. The van der Waals surface area contributed by atoms with Crippen LogP contribution in [-0.4, -0.2) is 31.8 Å². The van der Waals surface area contributed by atoms with Crippen molar-refractivity contribution in [2.45, 2.75) is 76.8 Å². The molecule has 2 aliphatic rings. The molecule has 1 unspecified atom stereocenters. The molecule has 0 aromatic carbocycles. The second-order valence-electron chi connectivity index (χ2n) is 9.32. The van der Waals surface area contributed by atoms with Crippen LogP contribution in [-0.2, 0) is 18.8 Å². The van der Waals surface area contributed by atoms with Gasteiger partial charge in [0.25, 0.3) is 0 Å². The van der Waals surface area contributed by atoms with Gasteiger partial charge in [0, 0.05) is 18.3 Å². The van der Waals surface area contributed by atoms with E-state index in [0.717, 1.165) is 12.8 Å². The van der Waals surface area contributed by atoms with Crippen LogP contribution in [0.4, 0.5) is 0 Å². The molecule has 1 heterocycles. The van der Waals surface area contributed by atoms with Gasteiger partial charge < -0.3 is 9.16 Å². The van der Waals surface area contributed by atoms with Gasteiger partial charge in [-0.25, -0.2) is 0 Å². The molecule has 146 valence electrons. The Balaban J connectivity index is 2.19. The smallest absolute Gasteiger partial charge is 0.317 e. The van der Waals surface area contributed by atoms with Crippen LogP contribution in [0, 0.1) is 17.8 Å². The summed E-state index contributed by atoms with van der Waals surface area (Å²) in [4.78, 5) is 25.6. The molecule has 0 aromatic heterocycles. The van der Waals surface area contributed by atoms with Gasteiger partial charge in [-0.3, -0.25) is 9.59 Å². The number of ether oxygens (including phenoxy) is 1. The van der Waals surface area contributed by atoms with Crippen LogP contribution in [0.1, 0.15) is 47.0 Å². The van der Waals surface area contributed by atoms with Crippen LogP contribution in [0.25, 0.3) is 0 Å². The van der Waals surface area contributed by atoms with E-state index in [1.807, 2.05) is 12.2 Å². The first-order valence-corrected chi connectivity index (χ1v) is 12.5. The number of ketones is 1. The van der Waals surface area contributed by atoms with E-state index in [1.165, 1.54) is 0 Å². The van der Waals surface area contributed by atoms with Gasteiger partial charge in [-0.15, -0.1) is 13.2 Å². The number of esters is 1. The molecule has 1 aliphatic heterocycles. The molecule has 5 heteroatoms. The zero-order chi connectivity index (χ0) is 19.9. The molecule has 1 saturated heterocycles. The van der Waals surface area contributed by atoms with E-state index in [1.54, 1.807) is 6.92 Å². The summed E-state index contributed by atoms with van der Waals surface area (Å²) in [5, 5.41) is 0.00622. The fourth-order valence-electron chi connectivity index (χ4n) is 4.09. The van der Waals surface area contributed by atoms with Gasteiger partial charge in [-0.1, -0.05) is 32.9 Å². The number of carbonyl (C=O) groups excluding carboxylic acids is 2. The summed E-state index contributed by atoms with van der Waals surface area (Å²) in [6.07, 6.45) is 5.34. The molecule has 1 aliphatic carbocycles. The predicted molar refractivity (Wildman–Crippen MR) is 106 cm³/mol. The predicted octanol–water partition coefficient (Wildman–Crippen LogP) is 4.67. The van der Waals surface area contributed by atoms with Gasteiger partial charge in [-0.05, 0) is 37.9 Å². The molecule has 2 fully saturated rings. The Morgan fingerprint density at radius 3 is 2.19 bits per heavy atom. The highest BCUT2D eigenvalue weighted by molar-refractivity contribution is 6.74. The van der Waals surface area contributed by atoms with Crippen molar-refractivity contribution in [3.8, 4) is 0 Å². The molecule has 4 nitrogen and oxygen atoms in total. The summed E-state index contributed by atoms with van der Waals surface area (Å²) in [7, 11) is -2.09. The molecule has 0 bridgehead atoms. The normalized spacial score (nSPS) is 29.5. The lowest BCUT2D eigenvalue weighted by Crippen LogP contribution is -2.46. The standard InChI is InChI=1S/C21H34O4Si/c1-9-15-11-12-16(10-2)21(15)13-17(19(23)24-21)18(22)14(3)25-26(7,8)20(4,5)6/h9-10,14-17H,1-2,11-13H2,3-8H3/t14-,15+,16+,17?/m0/s1. The molecule has 2 rings (SSSR count). The van der Waals surface area contributed by atoms with E-state index in [4.69, 9.17) is 9.16 Å². The van der Waals surface area contributed by atoms with Crippen molar-refractivity contribution in [3.63, 3.8) is 0 Å². The minimum Gasteiger partial charge on any atom is -0.457 e. The molecule has 1 saturated carbocycles. The third kappa shape index (κ3) is 3.48. The van der Waals surface area contributed by atoms with Gasteiger partial charge in [0.2, 0.25) is 0 Å². The van der Waals surface area contributed by atoms with Crippen molar-refractivity contribution in [1.82, 2.24) is 0 Å². The quantitative estimate of drug-likeness (QED) is 0.292. The third-order valence-corrected chi connectivity index (χ3v) is 11.3. The van der Waals surface area contributed by atoms with E-state index in [-0.39, 0.29) is 22.7 Å². The topological polar surface area (TPSA) is 52.6 Å². The Morgan fingerprint density at radius 2 is 1.77 bits per heavy atom. The number of hydrogen-bond acceptors (Lipinski definition) is 4. The zero-order valence-electron chi connectivity index (χ0n) is 17.1. The fraction of sp³-hybridized carbons (Fsp3) is 0.714. The maximum atomic E-state index is 13.0. The van der Waals surface area contributed by atoms with Crippen molar-refractivity contribution in [1.29, 1.82) is 0 Å². The number of Topliss-reactive ketones (excluding diaryl/α,β-unsaturated/α-hetero) is 1. The Labute approximate surface area is 159 Å². The average molecular weight is 379 g/mol. The highest BCUT2D eigenvalue weighted by atomic mass is 28.4. The van der Waals surface area contributed by atoms with E-state index in [9.17, 15) is 9.59 Å². The van der Waals surface area contributed by atoms with Gasteiger partial charge in [-0.2, -0.15) is 0 Å². The first kappa shape index (κ1) is 21.1. The first-order valence-electron chi connectivity index (χ1n) is 9.59. The monoisotopic (exact) mass is 378 g/mol. The molecule has 0 amide bonds. The lowest BCUT2D eigenvalue weighted by molar-refractivity contribution is -0.155. The van der Waals surface area contributed by atoms with Crippen molar-refractivity contribution in [2.75, 3.05) is 0 Å². The summed E-state index contributed by atoms with van der Waals surface area (Å²) in [5.74, 6) is -1.18. The summed E-state index contributed by atoms with van der Waals surface area (Å²) < 4.78 is 12.1. The molecule has 1 spiro atoms. The van der Waals surface area contributed by atoms with Crippen molar-refractivity contribution >= 4 is 20.1 Å². The SMILES string of the molecule is C=C[C@@H]1CC[C@@H](C=C)C12CC(C(=O)[C@H](C)O[Si](C)(C)C(C)(C)C)C(=O)O2. The molecule has 0 N–H and O–H groups in total. The largest absolute Gasteiger partial charge is 0.457 e. The van der Waals surface area contributed by atoms with Gasteiger partial charge >= 0.3 is 5.97 Å². The van der Waals surface area contributed by atoms with Crippen LogP contribution < -0.4 is 0 Å². The third-order valence-electron chi connectivity index (χ3n) is 6.73. The zero-order valence-corrected chi connectivity index (χ0v) is 18.1. The maximum Gasteiger partial charge on any atom is 0.317 e. The lowest BCUT2D eigenvalue weighted by Gasteiger charge is -2.38. The number of rotatable bonds is 6.